The molecule has 0 rings (SSSR count). The predicted octanol–water partition coefficient (Wildman–Crippen LogP) is 0.631. The summed E-state index contributed by atoms with van der Waals surface area (Å²) in [5, 5.41) is 15.7. The molecule has 50 valence electrons. The molecule has 0 amide bonds. The lowest BCUT2D eigenvalue weighted by atomic mass is 10.5. The Morgan fingerprint density at radius 2 is 2.11 bits per heavy atom. The van der Waals surface area contributed by atoms with Crippen molar-refractivity contribution in [3.05, 3.63) is 24.5 Å². The summed E-state index contributed by atoms with van der Waals surface area (Å²) in [6, 6.07) is 0. The van der Waals surface area contributed by atoms with Crippen LogP contribution in [0.2, 0.25) is 0 Å². The van der Waals surface area contributed by atoms with Gasteiger partial charge in [0.25, 0.3) is 0 Å². The van der Waals surface area contributed by atoms with Crippen molar-refractivity contribution >= 4 is 5.97 Å². The topological polar surface area (TPSA) is 66.8 Å². The van der Waals surface area contributed by atoms with E-state index in [-0.39, 0.29) is 0 Å². The van der Waals surface area contributed by atoms with Gasteiger partial charge in [-0.15, -0.1) is 0 Å². The SMILES string of the molecule is O=C(O)C=CC=COO. The van der Waals surface area contributed by atoms with Crippen molar-refractivity contribution in [2.45, 2.75) is 0 Å². The minimum absolute atomic E-state index is 0.912. The fourth-order valence-corrected chi connectivity index (χ4v) is 0.218. The third-order valence-electron chi connectivity index (χ3n) is 0.489. The predicted molar refractivity (Wildman–Crippen MR) is 29.6 cm³/mol. The number of carboxylic acid groups (broad SMARTS) is 1. The van der Waals surface area contributed by atoms with Crippen LogP contribution in [0.5, 0.6) is 0 Å². The quantitative estimate of drug-likeness (QED) is 0.193. The molecule has 0 spiro atoms. The Labute approximate surface area is 51.6 Å². The van der Waals surface area contributed by atoms with E-state index in [4.69, 9.17) is 10.4 Å². The van der Waals surface area contributed by atoms with Gasteiger partial charge in [0.2, 0.25) is 0 Å². The molecule has 0 aromatic rings. The lowest BCUT2D eigenvalue weighted by molar-refractivity contribution is -0.186. The van der Waals surface area contributed by atoms with E-state index in [1.165, 1.54) is 12.2 Å². The number of hydrogen-bond donors (Lipinski definition) is 2. The zero-order valence-corrected chi connectivity index (χ0v) is 4.52. The lowest BCUT2D eigenvalue weighted by Gasteiger charge is -1.77. The molecule has 0 unspecified atom stereocenters. The second-order valence-electron chi connectivity index (χ2n) is 1.13. The zero-order valence-electron chi connectivity index (χ0n) is 4.52. The summed E-state index contributed by atoms with van der Waals surface area (Å²) in [6.45, 7) is 0. The molecule has 4 nitrogen and oxygen atoms in total. The van der Waals surface area contributed by atoms with Crippen molar-refractivity contribution in [1.29, 1.82) is 0 Å². The molecule has 0 aliphatic heterocycles. The van der Waals surface area contributed by atoms with Gasteiger partial charge in [-0.25, -0.2) is 10.1 Å². The Morgan fingerprint density at radius 3 is 2.56 bits per heavy atom. The van der Waals surface area contributed by atoms with Crippen LogP contribution in [-0.4, -0.2) is 16.3 Å². The summed E-state index contributed by atoms with van der Waals surface area (Å²) >= 11 is 0. The van der Waals surface area contributed by atoms with Gasteiger partial charge in [-0.05, 0) is 6.08 Å². The Kier molecular flexibility index (Phi) is 4.16. The second kappa shape index (κ2) is 4.86. The molecule has 0 aliphatic carbocycles. The molecular weight excluding hydrogens is 124 g/mol. The number of carboxylic acids is 1. The summed E-state index contributed by atoms with van der Waals surface area (Å²) in [7, 11) is 0. The van der Waals surface area contributed by atoms with Gasteiger partial charge in [-0.2, -0.15) is 0 Å². The van der Waals surface area contributed by atoms with E-state index in [2.05, 4.69) is 4.89 Å². The first-order valence-electron chi connectivity index (χ1n) is 2.13. The number of hydrogen-bond acceptors (Lipinski definition) is 3. The summed E-state index contributed by atoms with van der Waals surface area (Å²) in [5.74, 6) is -1.04. The van der Waals surface area contributed by atoms with Crippen molar-refractivity contribution < 1.29 is 20.0 Å². The normalized spacial score (nSPS) is 10.8. The summed E-state index contributed by atoms with van der Waals surface area (Å²) < 4.78 is 0. The summed E-state index contributed by atoms with van der Waals surface area (Å²) in [6.07, 6.45) is 4.32. The standard InChI is InChI=1S/C5H6O4/c6-5(7)3-1-2-4-9-8/h1-4,8H,(H,6,7). The first-order chi connectivity index (χ1) is 4.27. The highest BCUT2D eigenvalue weighted by atomic mass is 17.1. The van der Waals surface area contributed by atoms with Crippen LogP contribution in [0.1, 0.15) is 0 Å². The molecule has 0 saturated heterocycles. The van der Waals surface area contributed by atoms with Crippen molar-refractivity contribution in [2.24, 2.45) is 0 Å². The van der Waals surface area contributed by atoms with Gasteiger partial charge in [0.15, 0.2) is 0 Å². The van der Waals surface area contributed by atoms with Gasteiger partial charge in [0.05, 0.1) is 0 Å². The molecule has 0 bridgehead atoms. The van der Waals surface area contributed by atoms with Gasteiger partial charge in [0, 0.05) is 6.08 Å². The maximum atomic E-state index is 9.74. The molecule has 9 heavy (non-hydrogen) atoms. The van der Waals surface area contributed by atoms with Crippen LogP contribution < -0.4 is 0 Å². The fraction of sp³-hybridized carbons (Fsp3) is 0. The molecule has 0 atom stereocenters. The minimum Gasteiger partial charge on any atom is -0.478 e. The highest BCUT2D eigenvalue weighted by Gasteiger charge is 1.79. The van der Waals surface area contributed by atoms with E-state index in [1.54, 1.807) is 0 Å². The van der Waals surface area contributed by atoms with Gasteiger partial charge in [-0.1, -0.05) is 6.08 Å². The van der Waals surface area contributed by atoms with E-state index < -0.39 is 5.97 Å². The van der Waals surface area contributed by atoms with Crippen molar-refractivity contribution in [3.8, 4) is 0 Å². The molecule has 0 aliphatic rings. The average Bonchev–Trinajstić information content (AvgIpc) is 1.80. The Morgan fingerprint density at radius 1 is 1.44 bits per heavy atom. The van der Waals surface area contributed by atoms with Crippen LogP contribution in [0.15, 0.2) is 24.5 Å². The lowest BCUT2D eigenvalue weighted by Crippen LogP contribution is -1.84. The summed E-state index contributed by atoms with van der Waals surface area (Å²) in [4.78, 5) is 13.2. The zero-order chi connectivity index (χ0) is 7.11. The highest BCUT2D eigenvalue weighted by Crippen LogP contribution is 1.76. The van der Waals surface area contributed by atoms with Crippen LogP contribution in [0.4, 0.5) is 0 Å². The third-order valence-corrected chi connectivity index (χ3v) is 0.489. The highest BCUT2D eigenvalue weighted by molar-refractivity contribution is 5.80. The number of allylic oxidation sites excluding steroid dienone is 2. The smallest absolute Gasteiger partial charge is 0.328 e. The molecule has 0 aromatic carbocycles. The Hall–Kier alpha value is -1.29. The minimum atomic E-state index is -1.04. The summed E-state index contributed by atoms with van der Waals surface area (Å²) in [5.41, 5.74) is 0. The first kappa shape index (κ1) is 7.71. The van der Waals surface area contributed by atoms with E-state index in [0.29, 0.717) is 0 Å². The first-order valence-corrected chi connectivity index (χ1v) is 2.13. The van der Waals surface area contributed by atoms with E-state index in [9.17, 15) is 4.79 Å². The largest absolute Gasteiger partial charge is 0.478 e. The van der Waals surface area contributed by atoms with Crippen LogP contribution in [0, 0.1) is 0 Å². The molecule has 0 saturated carbocycles. The third kappa shape index (κ3) is 6.71. The van der Waals surface area contributed by atoms with Crippen LogP contribution in [0.3, 0.4) is 0 Å². The van der Waals surface area contributed by atoms with E-state index in [1.807, 2.05) is 0 Å². The molecule has 0 aromatic heterocycles. The van der Waals surface area contributed by atoms with Crippen LogP contribution >= 0.6 is 0 Å². The molecule has 0 heterocycles. The molecule has 4 heteroatoms. The Balaban J connectivity index is 3.47. The van der Waals surface area contributed by atoms with Gasteiger partial charge >= 0.3 is 5.97 Å². The van der Waals surface area contributed by atoms with Crippen LogP contribution in [0.25, 0.3) is 0 Å². The number of rotatable bonds is 3. The van der Waals surface area contributed by atoms with Crippen molar-refractivity contribution in [2.75, 3.05) is 0 Å². The number of aliphatic carboxylic acids is 1. The van der Waals surface area contributed by atoms with Crippen LogP contribution in [-0.2, 0) is 9.68 Å². The van der Waals surface area contributed by atoms with Gasteiger partial charge in [-0.3, -0.25) is 0 Å². The Bertz CT molecular complexity index is 136. The maximum Gasteiger partial charge on any atom is 0.328 e. The van der Waals surface area contributed by atoms with E-state index in [0.717, 1.165) is 12.3 Å². The second-order valence-corrected chi connectivity index (χ2v) is 1.13. The van der Waals surface area contributed by atoms with Gasteiger partial charge in [0.1, 0.15) is 6.26 Å². The fourth-order valence-electron chi connectivity index (χ4n) is 0.218. The molecule has 2 N–H and O–H groups in total. The monoisotopic (exact) mass is 130 g/mol. The molecule has 0 fully saturated rings. The van der Waals surface area contributed by atoms with E-state index >= 15 is 0 Å². The number of carbonyl (C=O) groups is 1. The maximum absolute atomic E-state index is 9.74. The van der Waals surface area contributed by atoms with Crippen molar-refractivity contribution in [1.82, 2.24) is 0 Å². The molecule has 0 radical (unpaired) electrons. The average molecular weight is 130 g/mol. The molecular formula is C5H6O4. The van der Waals surface area contributed by atoms with Gasteiger partial charge < -0.3 is 9.99 Å². The van der Waals surface area contributed by atoms with Crippen molar-refractivity contribution in [3.63, 3.8) is 0 Å².